The van der Waals surface area contributed by atoms with E-state index in [9.17, 15) is 4.79 Å². The lowest BCUT2D eigenvalue weighted by molar-refractivity contribution is -0.117. The van der Waals surface area contributed by atoms with E-state index in [0.717, 1.165) is 49.1 Å². The number of benzene rings is 1. The second-order valence-corrected chi connectivity index (χ2v) is 8.00. The van der Waals surface area contributed by atoms with Gasteiger partial charge in [-0.3, -0.25) is 4.79 Å². The minimum atomic E-state index is -0.00738. The van der Waals surface area contributed by atoms with Crippen molar-refractivity contribution in [2.75, 3.05) is 41.4 Å². The number of nitriles is 1. The molecule has 0 radical (unpaired) electrons. The van der Waals surface area contributed by atoms with Gasteiger partial charge >= 0.3 is 0 Å². The predicted molar refractivity (Wildman–Crippen MR) is 117 cm³/mol. The van der Waals surface area contributed by atoms with Crippen LogP contribution >= 0.6 is 0 Å². The number of amides is 1. The summed E-state index contributed by atoms with van der Waals surface area (Å²) in [6.45, 7) is 9.03. The van der Waals surface area contributed by atoms with Crippen LogP contribution in [0.3, 0.4) is 0 Å². The van der Waals surface area contributed by atoms with Crippen molar-refractivity contribution in [2.45, 2.75) is 32.9 Å². The monoisotopic (exact) mass is 405 g/mol. The van der Waals surface area contributed by atoms with Crippen LogP contribution < -0.4 is 15.1 Å². The maximum atomic E-state index is 12.5. The van der Waals surface area contributed by atoms with Crippen LogP contribution in [0.1, 0.15) is 37.9 Å². The van der Waals surface area contributed by atoms with E-state index in [1.165, 1.54) is 0 Å². The Morgan fingerprint density at radius 2 is 2.00 bits per heavy atom. The third-order valence-corrected chi connectivity index (χ3v) is 6.21. The Morgan fingerprint density at radius 3 is 2.63 bits per heavy atom. The molecule has 7 nitrogen and oxygen atoms in total. The summed E-state index contributed by atoms with van der Waals surface area (Å²) >= 11 is 0. The maximum absolute atomic E-state index is 12.5. The molecule has 2 aliphatic heterocycles. The quantitative estimate of drug-likeness (QED) is 0.844. The number of ether oxygens (including phenoxy) is 1. The number of nitrogens with one attached hydrogen (secondary N) is 1. The summed E-state index contributed by atoms with van der Waals surface area (Å²) < 4.78 is 5.49. The Hall–Kier alpha value is -3.11. The molecular formula is C23H27N5O2. The van der Waals surface area contributed by atoms with Gasteiger partial charge in [0.1, 0.15) is 11.9 Å². The number of carbonyl (C=O) groups is 1. The van der Waals surface area contributed by atoms with Gasteiger partial charge in [-0.2, -0.15) is 5.26 Å². The summed E-state index contributed by atoms with van der Waals surface area (Å²) in [6, 6.07) is 12.1. The molecule has 2 aromatic rings. The van der Waals surface area contributed by atoms with Crippen molar-refractivity contribution in [3.8, 4) is 6.07 Å². The van der Waals surface area contributed by atoms with Crippen LogP contribution in [-0.4, -0.2) is 43.2 Å². The van der Waals surface area contributed by atoms with Crippen molar-refractivity contribution in [2.24, 2.45) is 5.92 Å². The molecule has 0 saturated carbocycles. The lowest BCUT2D eigenvalue weighted by atomic mass is 9.82. The third-order valence-electron chi connectivity index (χ3n) is 6.21. The van der Waals surface area contributed by atoms with Crippen LogP contribution in [0.15, 0.2) is 36.5 Å². The molecule has 0 aliphatic carbocycles. The Kier molecular flexibility index (Phi) is 5.60. The van der Waals surface area contributed by atoms with E-state index >= 15 is 0 Å². The van der Waals surface area contributed by atoms with Crippen molar-refractivity contribution >= 4 is 23.1 Å². The van der Waals surface area contributed by atoms with E-state index in [4.69, 9.17) is 10.00 Å². The Bertz CT molecular complexity index is 963. The van der Waals surface area contributed by atoms with Crippen molar-refractivity contribution < 1.29 is 9.53 Å². The van der Waals surface area contributed by atoms with Gasteiger partial charge in [0.05, 0.1) is 24.8 Å². The van der Waals surface area contributed by atoms with E-state index in [1.54, 1.807) is 19.2 Å². The highest BCUT2D eigenvalue weighted by atomic mass is 16.5. The fourth-order valence-electron chi connectivity index (χ4n) is 4.42. The van der Waals surface area contributed by atoms with Gasteiger partial charge in [-0.25, -0.2) is 4.98 Å². The standard InChI is InChI=1S/C23H27N5O2/c1-15-16(2)28(17(3)29)21-6-5-19(27-8-10-30-11-9-27)12-20(21)23(15)26-22-7-4-18(13-24)14-25-22/h4-7,12,14-16,23H,8-11H2,1-3H3,(H,25,26)/t15-,16-,23+/m0/s1. The normalized spacial score (nSPS) is 23.5. The molecule has 156 valence electrons. The van der Waals surface area contributed by atoms with Gasteiger partial charge in [-0.1, -0.05) is 6.92 Å². The van der Waals surface area contributed by atoms with Crippen LogP contribution in [0.25, 0.3) is 0 Å². The second kappa shape index (κ2) is 8.33. The molecule has 1 aromatic carbocycles. The van der Waals surface area contributed by atoms with E-state index in [-0.39, 0.29) is 23.9 Å². The second-order valence-electron chi connectivity index (χ2n) is 8.00. The Morgan fingerprint density at radius 1 is 1.23 bits per heavy atom. The van der Waals surface area contributed by atoms with Crippen LogP contribution in [0.4, 0.5) is 17.2 Å². The van der Waals surface area contributed by atoms with Crippen molar-refractivity contribution in [3.63, 3.8) is 0 Å². The average molecular weight is 406 g/mol. The van der Waals surface area contributed by atoms with E-state index in [1.807, 2.05) is 11.0 Å². The van der Waals surface area contributed by atoms with E-state index in [2.05, 4.69) is 53.3 Å². The molecule has 3 heterocycles. The van der Waals surface area contributed by atoms with Crippen molar-refractivity contribution in [1.82, 2.24) is 4.98 Å². The number of fused-ring (bicyclic) bond motifs is 1. The molecule has 1 fully saturated rings. The molecule has 2 aliphatic rings. The molecular weight excluding hydrogens is 378 g/mol. The van der Waals surface area contributed by atoms with Crippen LogP contribution in [0.5, 0.6) is 0 Å². The fraction of sp³-hybridized carbons (Fsp3) is 0.435. The van der Waals surface area contributed by atoms with Gasteiger partial charge in [-0.05, 0) is 37.3 Å². The highest BCUT2D eigenvalue weighted by Crippen LogP contribution is 2.43. The third kappa shape index (κ3) is 3.71. The number of morpholine rings is 1. The summed E-state index contributed by atoms with van der Waals surface area (Å²) in [5.74, 6) is 0.931. The lowest BCUT2D eigenvalue weighted by Crippen LogP contribution is -2.48. The summed E-state index contributed by atoms with van der Waals surface area (Å²) in [5.41, 5.74) is 3.70. The molecule has 0 bridgehead atoms. The number of nitrogens with zero attached hydrogens (tertiary/aromatic N) is 4. The molecule has 7 heteroatoms. The molecule has 4 rings (SSSR count). The zero-order chi connectivity index (χ0) is 21.3. The van der Waals surface area contributed by atoms with Crippen molar-refractivity contribution in [3.05, 3.63) is 47.7 Å². The van der Waals surface area contributed by atoms with Gasteiger partial charge in [0.2, 0.25) is 5.91 Å². The molecule has 1 saturated heterocycles. The molecule has 30 heavy (non-hydrogen) atoms. The number of rotatable bonds is 3. The number of pyridine rings is 1. The first kappa shape index (κ1) is 20.2. The fourth-order valence-corrected chi connectivity index (χ4v) is 4.42. The zero-order valence-corrected chi connectivity index (χ0v) is 17.6. The number of aromatic nitrogens is 1. The maximum Gasteiger partial charge on any atom is 0.224 e. The first-order chi connectivity index (χ1) is 14.5. The molecule has 0 unspecified atom stereocenters. The predicted octanol–water partition coefficient (Wildman–Crippen LogP) is 3.33. The summed E-state index contributed by atoms with van der Waals surface area (Å²) in [7, 11) is 0. The smallest absolute Gasteiger partial charge is 0.224 e. The van der Waals surface area contributed by atoms with Gasteiger partial charge in [0, 0.05) is 55.1 Å². The summed E-state index contributed by atoms with van der Waals surface area (Å²) in [6.07, 6.45) is 1.58. The Balaban J connectivity index is 1.74. The van der Waals surface area contributed by atoms with Crippen LogP contribution in [-0.2, 0) is 9.53 Å². The largest absolute Gasteiger partial charge is 0.378 e. The number of hydrogen-bond donors (Lipinski definition) is 1. The van der Waals surface area contributed by atoms with Crippen molar-refractivity contribution in [1.29, 1.82) is 5.26 Å². The SMILES string of the molecule is CC(=O)N1c2ccc(N3CCOCC3)cc2[C@H](Nc2ccc(C#N)cn2)[C@@H](C)[C@@H]1C. The van der Waals surface area contributed by atoms with Gasteiger partial charge in [0.25, 0.3) is 0 Å². The lowest BCUT2D eigenvalue weighted by Gasteiger charge is -2.44. The van der Waals surface area contributed by atoms with Gasteiger partial charge in [-0.15, -0.1) is 0 Å². The molecule has 1 N–H and O–H groups in total. The molecule has 3 atom stereocenters. The molecule has 1 aromatic heterocycles. The highest BCUT2D eigenvalue weighted by molar-refractivity contribution is 5.94. The first-order valence-corrected chi connectivity index (χ1v) is 10.4. The van der Waals surface area contributed by atoms with Gasteiger partial charge in [0.15, 0.2) is 0 Å². The van der Waals surface area contributed by atoms with Gasteiger partial charge < -0.3 is 19.9 Å². The summed E-state index contributed by atoms with van der Waals surface area (Å²) in [5, 5.41) is 12.6. The highest BCUT2D eigenvalue weighted by Gasteiger charge is 2.38. The molecule has 1 amide bonds. The van der Waals surface area contributed by atoms with Crippen LogP contribution in [0.2, 0.25) is 0 Å². The topological polar surface area (TPSA) is 81.5 Å². The minimum Gasteiger partial charge on any atom is -0.378 e. The number of carbonyl (C=O) groups excluding carboxylic acids is 1. The zero-order valence-electron chi connectivity index (χ0n) is 17.6. The van der Waals surface area contributed by atoms with E-state index < -0.39 is 0 Å². The Labute approximate surface area is 177 Å². The minimum absolute atomic E-state index is 0.00738. The van der Waals surface area contributed by atoms with E-state index in [0.29, 0.717) is 5.56 Å². The van der Waals surface area contributed by atoms with Crippen LogP contribution in [0, 0.1) is 17.2 Å². The summed E-state index contributed by atoms with van der Waals surface area (Å²) in [4.78, 5) is 21.1. The number of hydrogen-bond acceptors (Lipinski definition) is 6. The average Bonchev–Trinajstić information content (AvgIpc) is 2.77. The number of anilines is 3. The first-order valence-electron chi connectivity index (χ1n) is 10.4. The molecule has 0 spiro atoms.